The van der Waals surface area contributed by atoms with Crippen molar-refractivity contribution in [2.75, 3.05) is 6.54 Å². The van der Waals surface area contributed by atoms with Gasteiger partial charge >= 0.3 is 0 Å². The molecule has 0 radical (unpaired) electrons. The summed E-state index contributed by atoms with van der Waals surface area (Å²) in [6.07, 6.45) is 0.927. The van der Waals surface area contributed by atoms with Crippen LogP contribution in [0.2, 0.25) is 0 Å². The van der Waals surface area contributed by atoms with Crippen LogP contribution in [0, 0.1) is 12.7 Å². The Bertz CT molecular complexity index is 616. The summed E-state index contributed by atoms with van der Waals surface area (Å²) < 4.78 is 19.4. The van der Waals surface area contributed by atoms with Crippen LogP contribution >= 0.6 is 0 Å². The van der Waals surface area contributed by atoms with E-state index in [4.69, 9.17) is 4.74 Å². The number of nitrogens with one attached hydrogen (secondary N) is 1. The van der Waals surface area contributed by atoms with Gasteiger partial charge in [-0.2, -0.15) is 0 Å². The highest BCUT2D eigenvalue weighted by atomic mass is 19.1. The Morgan fingerprint density at radius 2 is 2.10 bits per heavy atom. The molecule has 1 N–H and O–H groups in total. The van der Waals surface area contributed by atoms with Crippen molar-refractivity contribution in [3.8, 4) is 5.75 Å². The summed E-state index contributed by atoms with van der Waals surface area (Å²) in [5, 5.41) is 3.49. The summed E-state index contributed by atoms with van der Waals surface area (Å²) in [5.41, 5.74) is 3.31. The minimum absolute atomic E-state index is 0.0477. The molecule has 0 amide bonds. The molecule has 0 saturated heterocycles. The lowest BCUT2D eigenvalue weighted by molar-refractivity contribution is 0.179. The number of rotatable bonds is 4. The number of fused-ring (bicyclic) bond motifs is 1. The van der Waals surface area contributed by atoms with Crippen LogP contribution in [0.4, 0.5) is 4.39 Å². The fourth-order valence-electron chi connectivity index (χ4n) is 3.04. The molecule has 0 aromatic heterocycles. The maximum Gasteiger partial charge on any atom is 0.123 e. The van der Waals surface area contributed by atoms with Gasteiger partial charge in [0.15, 0.2) is 0 Å². The van der Waals surface area contributed by atoms with Gasteiger partial charge in [-0.1, -0.05) is 31.2 Å². The molecule has 2 atom stereocenters. The lowest BCUT2D eigenvalue weighted by atomic mass is 9.94. The van der Waals surface area contributed by atoms with Crippen LogP contribution in [0.15, 0.2) is 42.5 Å². The monoisotopic (exact) mass is 285 g/mol. The van der Waals surface area contributed by atoms with E-state index in [2.05, 4.69) is 18.3 Å². The Kier molecular flexibility index (Phi) is 3.93. The minimum atomic E-state index is -0.192. The van der Waals surface area contributed by atoms with Gasteiger partial charge in [0.1, 0.15) is 17.7 Å². The van der Waals surface area contributed by atoms with Crippen molar-refractivity contribution in [2.24, 2.45) is 0 Å². The molecule has 2 aromatic rings. The fourth-order valence-corrected chi connectivity index (χ4v) is 3.04. The molecular formula is C18H20FNO. The lowest BCUT2D eigenvalue weighted by Gasteiger charge is -2.26. The third-order valence-electron chi connectivity index (χ3n) is 4.03. The predicted molar refractivity (Wildman–Crippen MR) is 82.1 cm³/mol. The first-order chi connectivity index (χ1) is 10.2. The average molecular weight is 285 g/mol. The van der Waals surface area contributed by atoms with Crippen molar-refractivity contribution in [3.63, 3.8) is 0 Å². The molecule has 1 aliphatic rings. The van der Waals surface area contributed by atoms with Crippen molar-refractivity contribution in [2.45, 2.75) is 32.4 Å². The van der Waals surface area contributed by atoms with Crippen LogP contribution in [0.5, 0.6) is 5.75 Å². The third-order valence-corrected chi connectivity index (χ3v) is 4.03. The van der Waals surface area contributed by atoms with Crippen LogP contribution in [0.3, 0.4) is 0 Å². The summed E-state index contributed by atoms with van der Waals surface area (Å²) in [7, 11) is 0. The highest BCUT2D eigenvalue weighted by Gasteiger charge is 2.31. The zero-order valence-corrected chi connectivity index (χ0v) is 12.4. The van der Waals surface area contributed by atoms with Crippen LogP contribution in [0.1, 0.15) is 29.7 Å². The maximum atomic E-state index is 13.3. The first-order valence-electron chi connectivity index (χ1n) is 7.43. The van der Waals surface area contributed by atoms with Gasteiger partial charge in [-0.15, -0.1) is 0 Å². The highest BCUT2D eigenvalue weighted by Crippen LogP contribution is 2.35. The van der Waals surface area contributed by atoms with E-state index in [1.165, 1.54) is 11.6 Å². The molecule has 0 bridgehead atoms. The molecule has 2 nitrogen and oxygen atoms in total. The minimum Gasteiger partial charge on any atom is -0.488 e. The van der Waals surface area contributed by atoms with Gasteiger partial charge < -0.3 is 10.1 Å². The van der Waals surface area contributed by atoms with Crippen molar-refractivity contribution in [1.29, 1.82) is 0 Å². The Hall–Kier alpha value is -1.87. The van der Waals surface area contributed by atoms with Crippen LogP contribution in [0.25, 0.3) is 0 Å². The SMILES string of the molecule is CCNC(c1ccc(F)cc1C)C1Cc2ccccc2O1. The van der Waals surface area contributed by atoms with Gasteiger partial charge in [0.05, 0.1) is 6.04 Å². The van der Waals surface area contributed by atoms with E-state index in [1.807, 2.05) is 31.2 Å². The second-order valence-electron chi connectivity index (χ2n) is 5.50. The second kappa shape index (κ2) is 5.86. The van der Waals surface area contributed by atoms with E-state index in [9.17, 15) is 4.39 Å². The standard InChI is InChI=1S/C18H20FNO/c1-3-20-18(15-9-8-14(19)10-12(15)2)17-11-13-6-4-5-7-16(13)21-17/h4-10,17-18,20H,3,11H2,1-2H3. The molecule has 21 heavy (non-hydrogen) atoms. The van der Waals surface area contributed by atoms with Crippen molar-refractivity contribution >= 4 is 0 Å². The zero-order valence-electron chi connectivity index (χ0n) is 12.4. The van der Waals surface area contributed by atoms with Gasteiger partial charge in [-0.05, 0) is 48.4 Å². The van der Waals surface area contributed by atoms with Gasteiger partial charge in [-0.3, -0.25) is 0 Å². The van der Waals surface area contributed by atoms with Gasteiger partial charge in [-0.25, -0.2) is 4.39 Å². The molecule has 2 aromatic carbocycles. The van der Waals surface area contributed by atoms with E-state index in [0.29, 0.717) is 0 Å². The Morgan fingerprint density at radius 1 is 1.29 bits per heavy atom. The maximum absolute atomic E-state index is 13.3. The number of ether oxygens (including phenoxy) is 1. The first-order valence-corrected chi connectivity index (χ1v) is 7.43. The number of benzene rings is 2. The van der Waals surface area contributed by atoms with E-state index in [-0.39, 0.29) is 18.0 Å². The molecule has 110 valence electrons. The predicted octanol–water partition coefficient (Wildman–Crippen LogP) is 3.79. The molecule has 0 aliphatic carbocycles. The highest BCUT2D eigenvalue weighted by molar-refractivity contribution is 5.39. The molecule has 1 aliphatic heterocycles. The van der Waals surface area contributed by atoms with E-state index in [1.54, 1.807) is 6.07 Å². The molecule has 2 unspecified atom stereocenters. The first kappa shape index (κ1) is 14.1. The zero-order chi connectivity index (χ0) is 14.8. The Morgan fingerprint density at radius 3 is 2.81 bits per heavy atom. The molecule has 1 heterocycles. The van der Waals surface area contributed by atoms with E-state index >= 15 is 0 Å². The quantitative estimate of drug-likeness (QED) is 0.923. The largest absolute Gasteiger partial charge is 0.488 e. The van der Waals surface area contributed by atoms with Crippen LogP contribution < -0.4 is 10.1 Å². The molecule has 0 fully saturated rings. The topological polar surface area (TPSA) is 21.3 Å². The Balaban J connectivity index is 1.89. The number of aryl methyl sites for hydroxylation is 1. The number of halogens is 1. The van der Waals surface area contributed by atoms with Crippen LogP contribution in [-0.2, 0) is 6.42 Å². The summed E-state index contributed by atoms with van der Waals surface area (Å²) in [6, 6.07) is 13.2. The normalized spacial score (nSPS) is 18.1. The second-order valence-corrected chi connectivity index (χ2v) is 5.50. The van der Waals surface area contributed by atoms with Gasteiger partial charge in [0.25, 0.3) is 0 Å². The smallest absolute Gasteiger partial charge is 0.123 e. The lowest BCUT2D eigenvalue weighted by Crippen LogP contribution is -2.35. The van der Waals surface area contributed by atoms with Crippen molar-refractivity contribution in [1.82, 2.24) is 5.32 Å². The fraction of sp³-hybridized carbons (Fsp3) is 0.333. The molecule has 0 spiro atoms. The number of hydrogen-bond acceptors (Lipinski definition) is 2. The summed E-state index contributed by atoms with van der Waals surface area (Å²) in [4.78, 5) is 0. The number of hydrogen-bond donors (Lipinski definition) is 1. The summed E-state index contributed by atoms with van der Waals surface area (Å²) >= 11 is 0. The average Bonchev–Trinajstić information content (AvgIpc) is 2.89. The van der Waals surface area contributed by atoms with Gasteiger partial charge in [0, 0.05) is 6.42 Å². The molecule has 0 saturated carbocycles. The number of likely N-dealkylation sites (N-methyl/N-ethyl adjacent to an activating group) is 1. The summed E-state index contributed by atoms with van der Waals surface area (Å²) in [5.74, 6) is 0.771. The van der Waals surface area contributed by atoms with Crippen LogP contribution in [-0.4, -0.2) is 12.6 Å². The molecule has 3 rings (SSSR count). The Labute approximate surface area is 125 Å². The summed E-state index contributed by atoms with van der Waals surface area (Å²) in [6.45, 7) is 4.87. The third kappa shape index (κ3) is 2.79. The van der Waals surface area contributed by atoms with E-state index < -0.39 is 0 Å². The van der Waals surface area contributed by atoms with Gasteiger partial charge in [0.2, 0.25) is 0 Å². The van der Waals surface area contributed by atoms with Crippen molar-refractivity contribution < 1.29 is 9.13 Å². The molecule has 3 heteroatoms. The molecular weight excluding hydrogens is 265 g/mol. The van der Waals surface area contributed by atoms with E-state index in [0.717, 1.165) is 29.8 Å². The van der Waals surface area contributed by atoms with Crippen molar-refractivity contribution in [3.05, 3.63) is 65.0 Å². The number of para-hydroxylation sites is 1.